The van der Waals surface area contributed by atoms with E-state index < -0.39 is 20.0 Å². The summed E-state index contributed by atoms with van der Waals surface area (Å²) in [6.07, 6.45) is 1.93. The molecule has 0 bridgehead atoms. The summed E-state index contributed by atoms with van der Waals surface area (Å²) in [6, 6.07) is 3.30. The molecule has 0 spiro atoms. The molecule has 0 aliphatic rings. The van der Waals surface area contributed by atoms with Gasteiger partial charge in [0, 0.05) is 6.54 Å². The average molecular weight is 310 g/mol. The second-order valence-corrected chi connectivity index (χ2v) is 7.79. The Balaban J connectivity index is 2.35. The van der Waals surface area contributed by atoms with Gasteiger partial charge in [0.1, 0.15) is 5.76 Å². The summed E-state index contributed by atoms with van der Waals surface area (Å²) >= 11 is 0. The molecule has 0 fully saturated rings. The minimum Gasteiger partial charge on any atom is -0.468 e. The quantitative estimate of drug-likeness (QED) is 0.669. The molecule has 2 N–H and O–H groups in total. The SMILES string of the molecule is CCCS(=O)(=O)NCCS(=O)(=O)NCc1ccco1. The molecule has 7 nitrogen and oxygen atoms in total. The smallest absolute Gasteiger partial charge is 0.213 e. The van der Waals surface area contributed by atoms with Crippen molar-refractivity contribution in [3.8, 4) is 0 Å². The predicted octanol–water partition coefficient (Wildman–Crippen LogP) is 0.0284. The Bertz CT molecular complexity index is 563. The first-order valence-electron chi connectivity index (χ1n) is 5.82. The van der Waals surface area contributed by atoms with Gasteiger partial charge in [0.15, 0.2) is 0 Å². The molecule has 19 heavy (non-hydrogen) atoms. The van der Waals surface area contributed by atoms with Gasteiger partial charge in [-0.3, -0.25) is 0 Å². The lowest BCUT2D eigenvalue weighted by Crippen LogP contribution is -2.35. The standard InChI is InChI=1S/C10H18N2O5S2/c1-2-7-18(13,14)11-5-8-19(15,16)12-9-10-4-3-6-17-10/h3-4,6,11-12H,2,5,7-9H2,1H3. The van der Waals surface area contributed by atoms with Gasteiger partial charge in [-0.25, -0.2) is 26.3 Å². The Hall–Kier alpha value is -0.900. The molecule has 9 heteroatoms. The van der Waals surface area contributed by atoms with Gasteiger partial charge in [0.25, 0.3) is 0 Å². The molecule has 0 atom stereocenters. The van der Waals surface area contributed by atoms with Crippen molar-refractivity contribution >= 4 is 20.0 Å². The van der Waals surface area contributed by atoms with E-state index in [2.05, 4.69) is 9.44 Å². The van der Waals surface area contributed by atoms with Crippen molar-refractivity contribution in [3.63, 3.8) is 0 Å². The maximum absolute atomic E-state index is 11.6. The van der Waals surface area contributed by atoms with E-state index in [0.717, 1.165) is 0 Å². The third-order valence-electron chi connectivity index (χ3n) is 2.21. The van der Waals surface area contributed by atoms with E-state index in [9.17, 15) is 16.8 Å². The van der Waals surface area contributed by atoms with Gasteiger partial charge in [-0.2, -0.15) is 0 Å². The van der Waals surface area contributed by atoms with Crippen molar-refractivity contribution in [1.82, 2.24) is 9.44 Å². The van der Waals surface area contributed by atoms with E-state index in [0.29, 0.717) is 12.2 Å². The summed E-state index contributed by atoms with van der Waals surface area (Å²) in [6.45, 7) is 1.65. The van der Waals surface area contributed by atoms with Crippen molar-refractivity contribution < 1.29 is 21.3 Å². The van der Waals surface area contributed by atoms with E-state index in [-0.39, 0.29) is 24.6 Å². The van der Waals surface area contributed by atoms with Crippen LogP contribution in [0.25, 0.3) is 0 Å². The van der Waals surface area contributed by atoms with Crippen LogP contribution >= 0.6 is 0 Å². The van der Waals surface area contributed by atoms with Gasteiger partial charge < -0.3 is 4.42 Å². The first-order chi connectivity index (χ1) is 8.85. The largest absolute Gasteiger partial charge is 0.468 e. The van der Waals surface area contributed by atoms with E-state index in [1.807, 2.05) is 0 Å². The Morgan fingerprint density at radius 1 is 1.11 bits per heavy atom. The second-order valence-electron chi connectivity index (χ2n) is 3.93. The van der Waals surface area contributed by atoms with E-state index in [4.69, 9.17) is 4.42 Å². The zero-order valence-electron chi connectivity index (χ0n) is 10.6. The highest BCUT2D eigenvalue weighted by atomic mass is 32.2. The number of hydrogen-bond acceptors (Lipinski definition) is 5. The molecular formula is C10H18N2O5S2. The monoisotopic (exact) mass is 310 g/mol. The van der Waals surface area contributed by atoms with Crippen LogP contribution in [0.4, 0.5) is 0 Å². The van der Waals surface area contributed by atoms with Crippen molar-refractivity contribution in [1.29, 1.82) is 0 Å². The Morgan fingerprint density at radius 3 is 2.37 bits per heavy atom. The molecule has 0 unspecified atom stereocenters. The van der Waals surface area contributed by atoms with E-state index >= 15 is 0 Å². The van der Waals surface area contributed by atoms with Crippen LogP contribution < -0.4 is 9.44 Å². The summed E-state index contributed by atoms with van der Waals surface area (Å²) < 4.78 is 55.3. The molecule has 0 aliphatic carbocycles. The number of sulfonamides is 2. The molecule has 1 heterocycles. The van der Waals surface area contributed by atoms with Crippen LogP contribution in [0.15, 0.2) is 22.8 Å². The number of furan rings is 1. The number of nitrogens with one attached hydrogen (secondary N) is 2. The van der Waals surface area contributed by atoms with Crippen LogP contribution in [0.3, 0.4) is 0 Å². The molecule has 1 rings (SSSR count). The highest BCUT2D eigenvalue weighted by molar-refractivity contribution is 7.90. The zero-order chi connectivity index (χ0) is 14.4. The second kappa shape index (κ2) is 7.04. The summed E-state index contributed by atoms with van der Waals surface area (Å²) in [7, 11) is -6.90. The van der Waals surface area contributed by atoms with E-state index in [1.54, 1.807) is 19.1 Å². The van der Waals surface area contributed by atoms with Crippen LogP contribution in [-0.4, -0.2) is 34.9 Å². The molecule has 0 amide bonds. The summed E-state index contributed by atoms with van der Waals surface area (Å²) in [4.78, 5) is 0. The third kappa shape index (κ3) is 6.71. The van der Waals surface area contributed by atoms with E-state index in [1.165, 1.54) is 6.26 Å². The topological polar surface area (TPSA) is 105 Å². The van der Waals surface area contributed by atoms with Crippen LogP contribution in [0.5, 0.6) is 0 Å². The first-order valence-corrected chi connectivity index (χ1v) is 9.12. The fourth-order valence-corrected chi connectivity index (χ4v) is 3.44. The van der Waals surface area contributed by atoms with Gasteiger partial charge in [-0.15, -0.1) is 0 Å². The van der Waals surface area contributed by atoms with Crippen molar-refractivity contribution in [3.05, 3.63) is 24.2 Å². The minimum absolute atomic E-state index is 0.00707. The lowest BCUT2D eigenvalue weighted by Gasteiger charge is -2.07. The normalized spacial score (nSPS) is 12.7. The molecule has 0 aromatic carbocycles. The lowest BCUT2D eigenvalue weighted by atomic mass is 10.5. The molecule has 1 aromatic heterocycles. The maximum atomic E-state index is 11.6. The lowest BCUT2D eigenvalue weighted by molar-refractivity contribution is 0.498. The van der Waals surface area contributed by atoms with Crippen molar-refractivity contribution in [2.45, 2.75) is 19.9 Å². The summed E-state index contributed by atoms with van der Waals surface area (Å²) in [5, 5.41) is 0. The van der Waals surface area contributed by atoms with Crippen LogP contribution in [0.2, 0.25) is 0 Å². The Kier molecular flexibility index (Phi) is 5.98. The van der Waals surface area contributed by atoms with Crippen LogP contribution in [0, 0.1) is 0 Å². The molecule has 110 valence electrons. The highest BCUT2D eigenvalue weighted by Crippen LogP contribution is 1.99. The zero-order valence-corrected chi connectivity index (χ0v) is 12.3. The molecule has 0 radical (unpaired) electrons. The van der Waals surface area contributed by atoms with Crippen LogP contribution in [-0.2, 0) is 26.6 Å². The molecule has 0 aliphatic heterocycles. The highest BCUT2D eigenvalue weighted by Gasteiger charge is 2.13. The Morgan fingerprint density at radius 2 is 1.79 bits per heavy atom. The molecular weight excluding hydrogens is 292 g/mol. The Labute approximate surface area is 113 Å². The average Bonchev–Trinajstić information content (AvgIpc) is 2.78. The van der Waals surface area contributed by atoms with Gasteiger partial charge in [0.2, 0.25) is 20.0 Å². The van der Waals surface area contributed by atoms with Crippen molar-refractivity contribution in [2.24, 2.45) is 0 Å². The minimum atomic E-state index is -3.53. The third-order valence-corrected chi connectivity index (χ3v) is 5.13. The maximum Gasteiger partial charge on any atom is 0.213 e. The number of hydrogen-bond donors (Lipinski definition) is 2. The molecule has 0 saturated carbocycles. The predicted molar refractivity (Wildman–Crippen MR) is 71.4 cm³/mol. The van der Waals surface area contributed by atoms with Gasteiger partial charge in [-0.1, -0.05) is 6.92 Å². The number of rotatable bonds is 9. The summed E-state index contributed by atoms with van der Waals surface area (Å²) in [5.74, 6) is 0.180. The fourth-order valence-electron chi connectivity index (χ4n) is 1.34. The van der Waals surface area contributed by atoms with Crippen LogP contribution in [0.1, 0.15) is 19.1 Å². The summed E-state index contributed by atoms with van der Waals surface area (Å²) in [5.41, 5.74) is 0. The van der Waals surface area contributed by atoms with Crippen molar-refractivity contribution in [2.75, 3.05) is 18.1 Å². The van der Waals surface area contributed by atoms with Gasteiger partial charge in [-0.05, 0) is 18.6 Å². The van der Waals surface area contributed by atoms with Gasteiger partial charge in [0.05, 0.1) is 24.3 Å². The molecule has 1 aromatic rings. The van der Waals surface area contributed by atoms with Gasteiger partial charge >= 0.3 is 0 Å². The molecule has 0 saturated heterocycles. The fraction of sp³-hybridized carbons (Fsp3) is 0.600. The first kappa shape index (κ1) is 16.2.